The van der Waals surface area contributed by atoms with Crippen molar-refractivity contribution >= 4 is 61.5 Å². The fraction of sp³-hybridized carbons (Fsp3) is 0.351. The van der Waals surface area contributed by atoms with Gasteiger partial charge in [0.05, 0.1) is 52.9 Å². The minimum absolute atomic E-state index is 0.00374. The van der Waals surface area contributed by atoms with E-state index in [1.165, 1.54) is 47.2 Å². The summed E-state index contributed by atoms with van der Waals surface area (Å²) in [6.45, 7) is 1.07. The summed E-state index contributed by atoms with van der Waals surface area (Å²) >= 11 is 6.59. The molecule has 1 unspecified atom stereocenters. The highest BCUT2D eigenvalue weighted by Gasteiger charge is 2.67. The number of amides is 1. The fourth-order valence-electron chi connectivity index (χ4n) is 7.82. The Kier molecular flexibility index (Phi) is 10.3. The van der Waals surface area contributed by atoms with Crippen LogP contribution < -0.4 is 19.7 Å². The number of aliphatic hydroxyl groups excluding tert-OH is 1. The number of aromatic nitrogens is 6. The molecule has 15 nitrogen and oxygen atoms in total. The molecule has 316 valence electrons. The van der Waals surface area contributed by atoms with Gasteiger partial charge in [-0.05, 0) is 55.2 Å². The summed E-state index contributed by atoms with van der Waals surface area (Å²) in [5.41, 5.74) is -1.79. The Balaban J connectivity index is 1.27. The zero-order valence-electron chi connectivity index (χ0n) is 31.5. The lowest BCUT2D eigenvalue weighted by molar-refractivity contribution is -0.122. The first-order valence-corrected chi connectivity index (χ1v) is 20.5. The number of rotatable bonds is 13. The maximum absolute atomic E-state index is 15.5. The second kappa shape index (κ2) is 15.1. The van der Waals surface area contributed by atoms with Gasteiger partial charge in [-0.3, -0.25) is 23.8 Å². The number of aryl methyl sites for hydroxylation is 1. The van der Waals surface area contributed by atoms with Gasteiger partial charge in [-0.25, -0.2) is 40.9 Å². The van der Waals surface area contributed by atoms with Gasteiger partial charge in [-0.15, -0.1) is 0 Å². The number of ether oxygens (including phenoxy) is 1. The Morgan fingerprint density at radius 2 is 1.82 bits per heavy atom. The van der Waals surface area contributed by atoms with Crippen LogP contribution in [-0.2, 0) is 40.8 Å². The van der Waals surface area contributed by atoms with Crippen LogP contribution in [0.5, 0.6) is 5.75 Å². The van der Waals surface area contributed by atoms with Crippen LogP contribution in [0.25, 0.3) is 16.6 Å². The molecular formula is C37H33ClF6N10O5S. The largest absolute Gasteiger partial charge is 0.491 e. The second-order valence-corrected chi connectivity index (χ2v) is 16.6. The smallest absolute Gasteiger partial charge is 0.293 e. The summed E-state index contributed by atoms with van der Waals surface area (Å²) in [5.74, 6) is -8.71. The molecule has 1 saturated carbocycles. The van der Waals surface area contributed by atoms with Crippen molar-refractivity contribution in [2.24, 2.45) is 18.0 Å². The van der Waals surface area contributed by atoms with Crippen molar-refractivity contribution in [1.29, 1.82) is 0 Å². The molecular weight excluding hydrogens is 846 g/mol. The molecule has 1 amide bonds. The van der Waals surface area contributed by atoms with Crippen LogP contribution in [0.4, 0.5) is 37.8 Å². The van der Waals surface area contributed by atoms with E-state index in [0.717, 1.165) is 18.4 Å². The second-order valence-electron chi connectivity index (χ2n) is 14.4. The standard InChI is InChI=1S/C37H33ClF6N10O5S/c1-4-59-19-13-45-34(46-14-19)23-12-27(56)54(25-6-5-22(38)29-31(25)52(2)50-35(29)51-60(3,57)58)36(48-23)24(9-16-7-17(39)10-18(40)8-16)47-26(55)15-53-32-28(30(49-53)33(41)42)20-11-21(20)37(32,43)44/h5-8,10,12-14,20-21,24,27,33,56H,4,9,11,15H2,1-3H3,(H,47,55)(H,50,51)/t20-,21+,24-,27?/m0/s1. The summed E-state index contributed by atoms with van der Waals surface area (Å²) in [4.78, 5) is 28.6. The molecule has 3 aromatic heterocycles. The number of carbonyl (C=O) groups excluding carboxylic acids is 1. The van der Waals surface area contributed by atoms with Gasteiger partial charge in [0.15, 0.2) is 23.6 Å². The average molecular weight is 879 g/mol. The maximum atomic E-state index is 15.5. The van der Waals surface area contributed by atoms with E-state index in [1.807, 2.05) is 0 Å². The zero-order valence-corrected chi connectivity index (χ0v) is 33.1. The predicted octanol–water partition coefficient (Wildman–Crippen LogP) is 5.41. The first kappa shape index (κ1) is 41.0. The number of benzene rings is 2. The lowest BCUT2D eigenvalue weighted by Gasteiger charge is -2.37. The van der Waals surface area contributed by atoms with Crippen LogP contribution in [0.2, 0.25) is 5.02 Å². The summed E-state index contributed by atoms with van der Waals surface area (Å²) in [6.07, 6.45) is -0.521. The maximum Gasteiger partial charge on any atom is 0.293 e. The molecule has 2 aromatic carbocycles. The Hall–Kier alpha value is -5.74. The molecule has 0 saturated heterocycles. The lowest BCUT2D eigenvalue weighted by atomic mass is 10.0. The van der Waals surface area contributed by atoms with E-state index in [0.29, 0.717) is 23.1 Å². The number of anilines is 2. The summed E-state index contributed by atoms with van der Waals surface area (Å²) in [5, 5.41) is 22.8. The van der Waals surface area contributed by atoms with E-state index in [4.69, 9.17) is 21.3 Å². The average Bonchev–Trinajstić information content (AvgIpc) is 3.70. The molecule has 4 heterocycles. The SMILES string of the molecule is CCOc1cnc(C2=CC(O)N(c3ccc(Cl)c4c(NS(C)(=O)=O)nn(C)c34)C([C@H](Cc3cc(F)cc(F)c3)NC(=O)Cn3nc(C(F)F)c4c3C(F)(F)[C@@H]3C[C@H]43)=N2)nc1. The van der Waals surface area contributed by atoms with Crippen LogP contribution in [0.3, 0.4) is 0 Å². The van der Waals surface area contributed by atoms with Gasteiger partial charge in [0.25, 0.3) is 12.3 Å². The van der Waals surface area contributed by atoms with Gasteiger partial charge >= 0.3 is 0 Å². The van der Waals surface area contributed by atoms with Crippen LogP contribution >= 0.6 is 11.6 Å². The number of nitrogens with zero attached hydrogens (tertiary/aromatic N) is 8. The lowest BCUT2D eigenvalue weighted by Crippen LogP contribution is -2.54. The number of hydrogen-bond donors (Lipinski definition) is 3. The van der Waals surface area contributed by atoms with Crippen LogP contribution in [-0.4, -0.2) is 79.9 Å². The number of halogens is 7. The van der Waals surface area contributed by atoms with Crippen LogP contribution in [0.15, 0.2) is 53.8 Å². The van der Waals surface area contributed by atoms with Gasteiger partial charge in [-0.1, -0.05) is 11.6 Å². The number of sulfonamides is 1. The molecule has 8 rings (SSSR count). The van der Waals surface area contributed by atoms with Crippen molar-refractivity contribution in [2.75, 3.05) is 22.5 Å². The van der Waals surface area contributed by atoms with Gasteiger partial charge in [0.2, 0.25) is 15.9 Å². The van der Waals surface area contributed by atoms with Crippen LogP contribution in [0.1, 0.15) is 54.0 Å². The quantitative estimate of drug-likeness (QED) is 0.129. The molecule has 1 fully saturated rings. The number of fused-ring (bicyclic) bond motifs is 4. The Morgan fingerprint density at radius 3 is 2.47 bits per heavy atom. The number of carbonyl (C=O) groups is 1. The van der Waals surface area contributed by atoms with Gasteiger partial charge < -0.3 is 15.2 Å². The minimum atomic E-state index is -3.89. The fourth-order valence-corrected chi connectivity index (χ4v) is 8.55. The van der Waals surface area contributed by atoms with Gasteiger partial charge in [0.1, 0.15) is 41.1 Å². The minimum Gasteiger partial charge on any atom is -0.491 e. The van der Waals surface area contributed by atoms with Crippen LogP contribution in [0, 0.1) is 17.6 Å². The molecule has 60 heavy (non-hydrogen) atoms. The zero-order chi connectivity index (χ0) is 43.0. The first-order valence-electron chi connectivity index (χ1n) is 18.2. The Morgan fingerprint density at radius 1 is 1.12 bits per heavy atom. The van der Waals surface area contributed by atoms with E-state index in [1.54, 1.807) is 6.92 Å². The predicted molar refractivity (Wildman–Crippen MR) is 205 cm³/mol. The van der Waals surface area contributed by atoms with Crippen molar-refractivity contribution in [3.8, 4) is 5.75 Å². The molecule has 5 aromatic rings. The van der Waals surface area contributed by atoms with Crippen molar-refractivity contribution < 1.29 is 49.4 Å². The normalized spacial score (nSPS) is 19.8. The van der Waals surface area contributed by atoms with E-state index in [-0.39, 0.29) is 62.3 Å². The van der Waals surface area contributed by atoms with Crippen molar-refractivity contribution in [2.45, 2.75) is 56.8 Å². The van der Waals surface area contributed by atoms with Crippen molar-refractivity contribution in [1.82, 2.24) is 34.8 Å². The summed E-state index contributed by atoms with van der Waals surface area (Å²) in [6, 6.07) is 3.89. The highest BCUT2D eigenvalue weighted by atomic mass is 35.5. The van der Waals surface area contributed by atoms with E-state index in [9.17, 15) is 35.9 Å². The van der Waals surface area contributed by atoms with E-state index < -0.39 is 88.4 Å². The Bertz CT molecular complexity index is 2710. The highest BCUT2D eigenvalue weighted by molar-refractivity contribution is 7.92. The third-order valence-electron chi connectivity index (χ3n) is 10.1. The molecule has 1 aliphatic heterocycles. The molecule has 2 aliphatic carbocycles. The number of hydrogen-bond acceptors (Lipinski definition) is 11. The van der Waals surface area contributed by atoms with Crippen molar-refractivity contribution in [3.05, 3.63) is 93.8 Å². The number of aliphatic hydroxyl groups is 1. The number of amidine groups is 1. The third kappa shape index (κ3) is 7.51. The molecule has 4 atom stereocenters. The van der Waals surface area contributed by atoms with Crippen molar-refractivity contribution in [3.63, 3.8) is 0 Å². The molecule has 3 aliphatic rings. The monoisotopic (exact) mass is 878 g/mol. The molecule has 0 bridgehead atoms. The molecule has 0 radical (unpaired) electrons. The topological polar surface area (TPSA) is 182 Å². The van der Waals surface area contributed by atoms with E-state index >= 15 is 8.78 Å². The molecule has 3 N–H and O–H groups in total. The van der Waals surface area contributed by atoms with Gasteiger partial charge in [0, 0.05) is 31.0 Å². The summed E-state index contributed by atoms with van der Waals surface area (Å²) in [7, 11) is -2.43. The van der Waals surface area contributed by atoms with Gasteiger partial charge in [-0.2, -0.15) is 19.0 Å². The molecule has 23 heteroatoms. The number of aliphatic imine (C=N–C) groups is 1. The first-order chi connectivity index (χ1) is 28.3. The number of nitrogens with one attached hydrogen (secondary N) is 2. The molecule has 0 spiro atoms. The Labute approximate surface area is 341 Å². The van der Waals surface area contributed by atoms with E-state index in [2.05, 4.69) is 30.2 Å². The third-order valence-corrected chi connectivity index (χ3v) is 11.0. The summed E-state index contributed by atoms with van der Waals surface area (Å²) < 4.78 is 123. The number of alkyl halides is 4. The highest BCUT2D eigenvalue weighted by Crippen LogP contribution is 2.68.